The summed E-state index contributed by atoms with van der Waals surface area (Å²) in [6.45, 7) is 6.16. The van der Waals surface area contributed by atoms with Crippen LogP contribution in [0.5, 0.6) is 0 Å². The SMILES string of the molecule is CC(C#N)CN(C)C(=O)c1cc(Cl)nc(C(C)C)c1. The molecule has 1 aromatic rings. The van der Waals surface area contributed by atoms with Crippen LogP contribution in [0.1, 0.15) is 42.7 Å². The lowest BCUT2D eigenvalue weighted by molar-refractivity contribution is 0.0785. The third-order valence-corrected chi connectivity index (χ3v) is 2.96. The van der Waals surface area contributed by atoms with Crippen LogP contribution < -0.4 is 0 Å². The van der Waals surface area contributed by atoms with Gasteiger partial charge in [-0.05, 0) is 25.0 Å². The van der Waals surface area contributed by atoms with E-state index in [1.54, 1.807) is 26.1 Å². The third kappa shape index (κ3) is 4.22. The molecule has 0 saturated carbocycles. The van der Waals surface area contributed by atoms with E-state index < -0.39 is 0 Å². The first-order chi connectivity index (χ1) is 8.85. The van der Waals surface area contributed by atoms with Gasteiger partial charge in [-0.2, -0.15) is 5.26 Å². The van der Waals surface area contributed by atoms with Crippen LogP contribution in [-0.2, 0) is 0 Å². The van der Waals surface area contributed by atoms with Crippen molar-refractivity contribution < 1.29 is 4.79 Å². The van der Waals surface area contributed by atoms with E-state index in [2.05, 4.69) is 11.1 Å². The van der Waals surface area contributed by atoms with Gasteiger partial charge in [0.2, 0.25) is 0 Å². The molecule has 0 aliphatic heterocycles. The fourth-order valence-corrected chi connectivity index (χ4v) is 1.91. The van der Waals surface area contributed by atoms with Crippen LogP contribution in [0.2, 0.25) is 5.15 Å². The van der Waals surface area contributed by atoms with Crippen molar-refractivity contribution in [1.82, 2.24) is 9.88 Å². The Bertz CT molecular complexity index is 508. The molecule has 0 saturated heterocycles. The standard InChI is InChI=1S/C14H18ClN3O/c1-9(2)12-5-11(6-13(15)17-12)14(19)18(4)8-10(3)7-16/h5-6,9-10H,8H2,1-4H3. The van der Waals surface area contributed by atoms with Crippen LogP contribution in [0, 0.1) is 17.2 Å². The molecular weight excluding hydrogens is 262 g/mol. The van der Waals surface area contributed by atoms with Gasteiger partial charge in [-0.15, -0.1) is 0 Å². The van der Waals surface area contributed by atoms with Crippen molar-refractivity contribution in [3.63, 3.8) is 0 Å². The molecule has 5 heteroatoms. The van der Waals surface area contributed by atoms with Crippen molar-refractivity contribution in [1.29, 1.82) is 5.26 Å². The molecule has 0 radical (unpaired) electrons. The number of pyridine rings is 1. The zero-order valence-electron chi connectivity index (χ0n) is 11.6. The smallest absolute Gasteiger partial charge is 0.253 e. The van der Waals surface area contributed by atoms with Gasteiger partial charge in [-0.25, -0.2) is 4.98 Å². The molecule has 102 valence electrons. The fourth-order valence-electron chi connectivity index (χ4n) is 1.69. The van der Waals surface area contributed by atoms with Gasteiger partial charge in [-0.3, -0.25) is 4.79 Å². The molecule has 1 unspecified atom stereocenters. The molecule has 1 aromatic heterocycles. The van der Waals surface area contributed by atoms with Gasteiger partial charge in [0, 0.05) is 24.8 Å². The zero-order chi connectivity index (χ0) is 14.6. The van der Waals surface area contributed by atoms with Gasteiger partial charge in [0.15, 0.2) is 0 Å². The lowest BCUT2D eigenvalue weighted by Crippen LogP contribution is -2.30. The lowest BCUT2D eigenvalue weighted by atomic mass is 10.1. The Balaban J connectivity index is 2.97. The number of carbonyl (C=O) groups excluding carboxylic acids is 1. The molecular formula is C14H18ClN3O. The topological polar surface area (TPSA) is 57.0 Å². The average Bonchev–Trinajstić information content (AvgIpc) is 2.36. The van der Waals surface area contributed by atoms with E-state index in [0.717, 1.165) is 5.69 Å². The number of hydrogen-bond acceptors (Lipinski definition) is 3. The summed E-state index contributed by atoms with van der Waals surface area (Å²) in [4.78, 5) is 18.0. The summed E-state index contributed by atoms with van der Waals surface area (Å²) in [6, 6.07) is 5.43. The summed E-state index contributed by atoms with van der Waals surface area (Å²) < 4.78 is 0. The Morgan fingerprint density at radius 1 is 1.47 bits per heavy atom. The summed E-state index contributed by atoms with van der Waals surface area (Å²) in [5.41, 5.74) is 1.30. The summed E-state index contributed by atoms with van der Waals surface area (Å²) in [5, 5.41) is 9.09. The predicted molar refractivity (Wildman–Crippen MR) is 75.1 cm³/mol. The van der Waals surface area contributed by atoms with E-state index in [1.807, 2.05) is 13.8 Å². The number of rotatable bonds is 4. The maximum Gasteiger partial charge on any atom is 0.253 e. The first kappa shape index (κ1) is 15.5. The van der Waals surface area contributed by atoms with E-state index in [1.165, 1.54) is 4.90 Å². The van der Waals surface area contributed by atoms with Crippen molar-refractivity contribution in [2.75, 3.05) is 13.6 Å². The highest BCUT2D eigenvalue weighted by molar-refractivity contribution is 6.29. The Morgan fingerprint density at radius 3 is 2.63 bits per heavy atom. The molecule has 0 spiro atoms. The maximum absolute atomic E-state index is 12.3. The second-order valence-corrected chi connectivity index (χ2v) is 5.36. The largest absolute Gasteiger partial charge is 0.340 e. The molecule has 0 N–H and O–H groups in total. The summed E-state index contributed by atoms with van der Waals surface area (Å²) in [6.07, 6.45) is 0. The fraction of sp³-hybridized carbons (Fsp3) is 0.500. The van der Waals surface area contributed by atoms with Gasteiger partial charge in [-0.1, -0.05) is 25.4 Å². The third-order valence-electron chi connectivity index (χ3n) is 2.77. The van der Waals surface area contributed by atoms with Crippen molar-refractivity contribution >= 4 is 17.5 Å². The van der Waals surface area contributed by atoms with Crippen molar-refractivity contribution in [2.24, 2.45) is 5.92 Å². The van der Waals surface area contributed by atoms with Crippen molar-refractivity contribution in [3.8, 4) is 6.07 Å². The first-order valence-corrected chi connectivity index (χ1v) is 6.55. The molecule has 1 heterocycles. The molecule has 0 fully saturated rings. The Kier molecular flexibility index (Phi) is 5.31. The van der Waals surface area contributed by atoms with Crippen molar-refractivity contribution in [3.05, 3.63) is 28.5 Å². The monoisotopic (exact) mass is 279 g/mol. The number of halogens is 1. The maximum atomic E-state index is 12.3. The van der Waals surface area contributed by atoms with Gasteiger partial charge in [0.05, 0.1) is 12.0 Å². The molecule has 19 heavy (non-hydrogen) atoms. The quantitative estimate of drug-likeness (QED) is 0.796. The van der Waals surface area contributed by atoms with Gasteiger partial charge >= 0.3 is 0 Å². The van der Waals surface area contributed by atoms with E-state index in [4.69, 9.17) is 16.9 Å². The minimum Gasteiger partial charge on any atom is -0.340 e. The minimum absolute atomic E-state index is 0.145. The number of carbonyl (C=O) groups is 1. The molecule has 1 amide bonds. The van der Waals surface area contributed by atoms with Crippen molar-refractivity contribution in [2.45, 2.75) is 26.7 Å². The Labute approximate surface area is 119 Å². The van der Waals surface area contributed by atoms with E-state index in [-0.39, 0.29) is 17.7 Å². The molecule has 0 aliphatic carbocycles. The lowest BCUT2D eigenvalue weighted by Gasteiger charge is -2.19. The van der Waals surface area contributed by atoms with E-state index in [9.17, 15) is 4.79 Å². The van der Waals surface area contributed by atoms with Crippen LogP contribution in [0.15, 0.2) is 12.1 Å². The molecule has 1 atom stereocenters. The molecule has 1 rings (SSSR count). The van der Waals surface area contributed by atoms with Crippen LogP contribution in [0.4, 0.5) is 0 Å². The number of nitrogens with zero attached hydrogens (tertiary/aromatic N) is 3. The highest BCUT2D eigenvalue weighted by Gasteiger charge is 2.16. The Hall–Kier alpha value is -1.60. The number of nitriles is 1. The average molecular weight is 280 g/mol. The number of aromatic nitrogens is 1. The second kappa shape index (κ2) is 6.53. The highest BCUT2D eigenvalue weighted by atomic mass is 35.5. The predicted octanol–water partition coefficient (Wildman–Crippen LogP) is 3.09. The summed E-state index contributed by atoms with van der Waals surface area (Å²) in [7, 11) is 1.68. The minimum atomic E-state index is -0.198. The molecule has 0 bridgehead atoms. The molecule has 4 nitrogen and oxygen atoms in total. The highest BCUT2D eigenvalue weighted by Crippen LogP contribution is 2.18. The first-order valence-electron chi connectivity index (χ1n) is 6.17. The normalized spacial score (nSPS) is 12.1. The van der Waals surface area contributed by atoms with Gasteiger partial charge in [0.1, 0.15) is 5.15 Å². The van der Waals surface area contributed by atoms with Gasteiger partial charge < -0.3 is 4.90 Å². The number of amides is 1. The van der Waals surface area contributed by atoms with E-state index >= 15 is 0 Å². The summed E-state index contributed by atoms with van der Waals surface area (Å²) >= 11 is 5.94. The zero-order valence-corrected chi connectivity index (χ0v) is 12.4. The van der Waals surface area contributed by atoms with Gasteiger partial charge in [0.25, 0.3) is 5.91 Å². The van der Waals surface area contributed by atoms with Crippen LogP contribution in [0.25, 0.3) is 0 Å². The van der Waals surface area contributed by atoms with Crippen LogP contribution >= 0.6 is 11.6 Å². The second-order valence-electron chi connectivity index (χ2n) is 4.97. The number of hydrogen-bond donors (Lipinski definition) is 0. The molecule has 0 aromatic carbocycles. The van der Waals surface area contributed by atoms with Crippen LogP contribution in [0.3, 0.4) is 0 Å². The van der Waals surface area contributed by atoms with E-state index in [0.29, 0.717) is 17.3 Å². The van der Waals surface area contributed by atoms with Crippen LogP contribution in [-0.4, -0.2) is 29.4 Å². The Morgan fingerprint density at radius 2 is 2.11 bits per heavy atom. The summed E-state index contributed by atoms with van der Waals surface area (Å²) in [5.74, 6) is -0.141. The molecule has 0 aliphatic rings.